The van der Waals surface area contributed by atoms with Crippen LogP contribution in [0.1, 0.15) is 55.2 Å². The molecular formula is C23H24ClFO2. The average Bonchev–Trinajstić information content (AvgIpc) is 2.66. The van der Waals surface area contributed by atoms with Crippen molar-refractivity contribution >= 4 is 23.1 Å². The predicted molar refractivity (Wildman–Crippen MR) is 108 cm³/mol. The predicted octanol–water partition coefficient (Wildman–Crippen LogP) is 6.46. The first-order valence-electron chi connectivity index (χ1n) is 9.49. The van der Waals surface area contributed by atoms with Crippen molar-refractivity contribution in [2.24, 2.45) is 0 Å². The molecule has 0 saturated carbocycles. The Morgan fingerprint density at radius 2 is 1.74 bits per heavy atom. The van der Waals surface area contributed by atoms with Crippen molar-refractivity contribution < 1.29 is 14.3 Å². The Hall–Kier alpha value is -2.13. The number of aliphatic carboxylic acids is 1. The van der Waals surface area contributed by atoms with Crippen LogP contribution in [0.4, 0.5) is 4.39 Å². The van der Waals surface area contributed by atoms with Crippen LogP contribution in [0, 0.1) is 5.82 Å². The molecule has 27 heavy (non-hydrogen) atoms. The summed E-state index contributed by atoms with van der Waals surface area (Å²) in [6, 6.07) is 13.2. The molecule has 2 aromatic rings. The molecule has 0 aromatic heterocycles. The first kappa shape index (κ1) is 19.6. The quantitative estimate of drug-likeness (QED) is 0.593. The van der Waals surface area contributed by atoms with Gasteiger partial charge in [0.25, 0.3) is 0 Å². The van der Waals surface area contributed by atoms with Gasteiger partial charge in [-0.1, -0.05) is 41.4 Å². The van der Waals surface area contributed by atoms with Crippen molar-refractivity contribution in [3.63, 3.8) is 0 Å². The van der Waals surface area contributed by atoms with Crippen molar-refractivity contribution in [1.82, 2.24) is 0 Å². The first-order chi connectivity index (χ1) is 13.0. The standard InChI is InChI=1S/C23H24ClFO2/c24-20-12-9-18(10-13-20)21-4-2-1-3-17(21)7-5-16-6-8-19(22(25)15-16)11-14-23(26)27/h6,8-10,12-13,15H,1-5,7,11,14H2,(H,26,27). The summed E-state index contributed by atoms with van der Waals surface area (Å²) in [6.45, 7) is 0. The van der Waals surface area contributed by atoms with Crippen molar-refractivity contribution in [2.75, 3.05) is 0 Å². The normalized spacial score (nSPS) is 14.4. The second kappa shape index (κ2) is 9.18. The van der Waals surface area contributed by atoms with Crippen LogP contribution in [0.15, 0.2) is 48.0 Å². The van der Waals surface area contributed by atoms with Gasteiger partial charge >= 0.3 is 5.97 Å². The summed E-state index contributed by atoms with van der Waals surface area (Å²) >= 11 is 6.01. The van der Waals surface area contributed by atoms with Gasteiger partial charge in [-0.15, -0.1) is 0 Å². The molecule has 0 amide bonds. The number of aryl methyl sites for hydroxylation is 2. The number of rotatable bonds is 7. The number of allylic oxidation sites excluding steroid dienone is 2. The molecule has 0 unspecified atom stereocenters. The SMILES string of the molecule is O=C(O)CCc1ccc(CCC2=C(c3ccc(Cl)cc3)CCCC2)cc1F. The summed E-state index contributed by atoms with van der Waals surface area (Å²) in [5.74, 6) is -1.21. The van der Waals surface area contributed by atoms with Gasteiger partial charge in [0.05, 0.1) is 0 Å². The lowest BCUT2D eigenvalue weighted by atomic mass is 9.84. The fraction of sp³-hybridized carbons (Fsp3) is 0.348. The largest absolute Gasteiger partial charge is 0.481 e. The average molecular weight is 387 g/mol. The molecule has 0 bridgehead atoms. The Balaban J connectivity index is 1.71. The minimum atomic E-state index is -0.905. The van der Waals surface area contributed by atoms with E-state index in [0.29, 0.717) is 5.56 Å². The van der Waals surface area contributed by atoms with Crippen molar-refractivity contribution in [3.8, 4) is 0 Å². The van der Waals surface area contributed by atoms with Gasteiger partial charge in [0, 0.05) is 11.4 Å². The van der Waals surface area contributed by atoms with Crippen molar-refractivity contribution in [1.29, 1.82) is 0 Å². The molecule has 0 atom stereocenters. The maximum Gasteiger partial charge on any atom is 0.303 e. The highest BCUT2D eigenvalue weighted by Gasteiger charge is 2.15. The van der Waals surface area contributed by atoms with E-state index in [0.717, 1.165) is 36.3 Å². The summed E-state index contributed by atoms with van der Waals surface area (Å²) in [4.78, 5) is 10.7. The number of benzene rings is 2. The van der Waals surface area contributed by atoms with Crippen LogP contribution in [0.5, 0.6) is 0 Å². The van der Waals surface area contributed by atoms with E-state index < -0.39 is 5.97 Å². The summed E-state index contributed by atoms with van der Waals surface area (Å²) in [5.41, 5.74) is 5.54. The van der Waals surface area contributed by atoms with Crippen molar-refractivity contribution in [3.05, 3.63) is 75.6 Å². The second-order valence-corrected chi connectivity index (χ2v) is 7.55. The Kier molecular flexibility index (Phi) is 6.68. The Morgan fingerprint density at radius 1 is 1.00 bits per heavy atom. The lowest BCUT2D eigenvalue weighted by Crippen LogP contribution is -2.02. The van der Waals surface area contributed by atoms with Gasteiger partial charge in [0.1, 0.15) is 5.82 Å². The maximum atomic E-state index is 14.2. The van der Waals surface area contributed by atoms with Crippen LogP contribution in [0.3, 0.4) is 0 Å². The van der Waals surface area contributed by atoms with Gasteiger partial charge in [-0.05, 0) is 85.4 Å². The van der Waals surface area contributed by atoms with Crippen LogP contribution in [-0.4, -0.2) is 11.1 Å². The van der Waals surface area contributed by atoms with Gasteiger partial charge in [-0.2, -0.15) is 0 Å². The molecule has 3 rings (SSSR count). The minimum absolute atomic E-state index is 0.0480. The smallest absolute Gasteiger partial charge is 0.303 e. The molecule has 0 heterocycles. The van der Waals surface area contributed by atoms with Crippen LogP contribution in [0.25, 0.3) is 5.57 Å². The number of hydrogen-bond donors (Lipinski definition) is 1. The molecule has 2 aromatic carbocycles. The summed E-state index contributed by atoms with van der Waals surface area (Å²) in [7, 11) is 0. The zero-order valence-electron chi connectivity index (χ0n) is 15.3. The van der Waals surface area contributed by atoms with Gasteiger partial charge < -0.3 is 5.11 Å². The molecule has 0 saturated heterocycles. The summed E-state index contributed by atoms with van der Waals surface area (Å²) in [5, 5.41) is 9.49. The number of carboxylic acid groups (broad SMARTS) is 1. The topological polar surface area (TPSA) is 37.3 Å². The highest BCUT2D eigenvalue weighted by molar-refractivity contribution is 6.30. The van der Waals surface area contributed by atoms with Gasteiger partial charge in [0.2, 0.25) is 0 Å². The molecule has 1 N–H and O–H groups in total. The van der Waals surface area contributed by atoms with E-state index in [-0.39, 0.29) is 18.7 Å². The molecule has 0 fully saturated rings. The van der Waals surface area contributed by atoms with E-state index in [2.05, 4.69) is 12.1 Å². The minimum Gasteiger partial charge on any atom is -0.481 e. The van der Waals surface area contributed by atoms with Gasteiger partial charge in [-0.25, -0.2) is 4.39 Å². The van der Waals surface area contributed by atoms with E-state index in [1.807, 2.05) is 18.2 Å². The zero-order chi connectivity index (χ0) is 19.2. The molecule has 0 radical (unpaired) electrons. The third-order valence-corrected chi connectivity index (χ3v) is 5.47. The fourth-order valence-electron chi connectivity index (χ4n) is 3.73. The van der Waals surface area contributed by atoms with Gasteiger partial charge in [-0.3, -0.25) is 4.79 Å². The Morgan fingerprint density at radius 3 is 2.44 bits per heavy atom. The van der Waals surface area contributed by atoms with Crippen LogP contribution in [0.2, 0.25) is 5.02 Å². The molecule has 4 heteroatoms. The van der Waals surface area contributed by atoms with Crippen LogP contribution < -0.4 is 0 Å². The third-order valence-electron chi connectivity index (χ3n) is 5.22. The summed E-state index contributed by atoms with van der Waals surface area (Å²) in [6.07, 6.45) is 6.48. The molecule has 1 aliphatic rings. The first-order valence-corrected chi connectivity index (χ1v) is 9.86. The molecular weight excluding hydrogens is 363 g/mol. The maximum absolute atomic E-state index is 14.2. The van der Waals surface area contributed by atoms with E-state index in [9.17, 15) is 9.18 Å². The lowest BCUT2D eigenvalue weighted by Gasteiger charge is -2.21. The molecule has 0 spiro atoms. The number of hydrogen-bond acceptors (Lipinski definition) is 1. The molecule has 142 valence electrons. The van der Waals surface area contributed by atoms with E-state index in [1.165, 1.54) is 29.6 Å². The van der Waals surface area contributed by atoms with E-state index in [4.69, 9.17) is 16.7 Å². The summed E-state index contributed by atoms with van der Waals surface area (Å²) < 4.78 is 14.2. The third kappa shape index (κ3) is 5.43. The van der Waals surface area contributed by atoms with Crippen LogP contribution >= 0.6 is 11.6 Å². The number of carboxylic acids is 1. The van der Waals surface area contributed by atoms with E-state index >= 15 is 0 Å². The van der Waals surface area contributed by atoms with Crippen molar-refractivity contribution in [2.45, 2.75) is 51.4 Å². The van der Waals surface area contributed by atoms with Gasteiger partial charge in [0.15, 0.2) is 0 Å². The molecule has 0 aliphatic heterocycles. The molecule has 2 nitrogen and oxygen atoms in total. The van der Waals surface area contributed by atoms with E-state index in [1.54, 1.807) is 12.1 Å². The fourth-order valence-corrected chi connectivity index (χ4v) is 3.86. The lowest BCUT2D eigenvalue weighted by molar-refractivity contribution is -0.136. The number of halogens is 2. The Bertz CT molecular complexity index is 840. The van der Waals surface area contributed by atoms with Crippen LogP contribution in [-0.2, 0) is 17.6 Å². The highest BCUT2D eigenvalue weighted by atomic mass is 35.5. The highest BCUT2D eigenvalue weighted by Crippen LogP contribution is 2.35. The monoisotopic (exact) mass is 386 g/mol. The molecule has 1 aliphatic carbocycles. The zero-order valence-corrected chi connectivity index (χ0v) is 16.1. The Labute approximate surface area is 164 Å². The number of carbonyl (C=O) groups is 1. The second-order valence-electron chi connectivity index (χ2n) is 7.12.